The van der Waals surface area contributed by atoms with Crippen LogP contribution in [0, 0.1) is 17.1 Å². The first kappa shape index (κ1) is 22.5. The second kappa shape index (κ2) is 9.82. The second-order valence-electron chi connectivity index (χ2n) is 9.07. The minimum Gasteiger partial charge on any atom is -0.375 e. The Morgan fingerprint density at radius 3 is 2.31 bits per heavy atom. The molecular weight excluding hydrogens is 405 g/mol. The average Bonchev–Trinajstić information content (AvgIpc) is 3.36. The van der Waals surface area contributed by atoms with E-state index >= 15 is 0 Å². The maximum absolute atomic E-state index is 13.9. The molecule has 4 rings (SSSR count). The van der Waals surface area contributed by atoms with Gasteiger partial charge in [0, 0.05) is 31.5 Å². The molecule has 1 saturated heterocycles. The third kappa shape index (κ3) is 4.70. The van der Waals surface area contributed by atoms with Gasteiger partial charge < -0.3 is 15.3 Å². The van der Waals surface area contributed by atoms with Crippen molar-refractivity contribution in [2.45, 2.75) is 56.6 Å². The van der Waals surface area contributed by atoms with Crippen LogP contribution < -0.4 is 5.32 Å². The minimum atomic E-state index is -1.48. The van der Waals surface area contributed by atoms with E-state index in [1.807, 2.05) is 30.3 Å². The maximum Gasteiger partial charge on any atom is 0.259 e. The van der Waals surface area contributed by atoms with Gasteiger partial charge in [-0.3, -0.25) is 10.2 Å². The minimum absolute atomic E-state index is 0.0535. The van der Waals surface area contributed by atoms with Crippen LogP contribution in [-0.2, 0) is 16.8 Å². The Kier molecular flexibility index (Phi) is 6.89. The fourth-order valence-electron chi connectivity index (χ4n) is 5.17. The number of rotatable bonds is 6. The summed E-state index contributed by atoms with van der Waals surface area (Å²) in [6.45, 7) is 1.07. The van der Waals surface area contributed by atoms with E-state index in [1.165, 1.54) is 6.07 Å². The maximum atomic E-state index is 13.9. The van der Waals surface area contributed by atoms with Crippen molar-refractivity contribution < 1.29 is 14.3 Å². The fraction of sp³-hybridized carbons (Fsp3) is 0.462. The van der Waals surface area contributed by atoms with E-state index in [9.17, 15) is 14.3 Å². The highest BCUT2D eigenvalue weighted by molar-refractivity contribution is 5.87. The monoisotopic (exact) mass is 437 g/mol. The zero-order chi connectivity index (χ0) is 22.6. The third-order valence-electron chi connectivity index (χ3n) is 6.97. The number of carbonyl (C=O) groups is 1. The van der Waals surface area contributed by atoms with Crippen LogP contribution in [0.15, 0.2) is 54.6 Å². The topological polar surface area (TPSA) is 76.4 Å². The second-order valence-corrected chi connectivity index (χ2v) is 9.07. The number of carbonyl (C=O) groups excluding carboxylic acids is 1. The molecule has 170 valence electrons. The zero-order valence-electron chi connectivity index (χ0n) is 18.4. The van der Waals surface area contributed by atoms with Crippen LogP contribution in [0.3, 0.4) is 0 Å². The van der Waals surface area contributed by atoms with Gasteiger partial charge in [-0.2, -0.15) is 0 Å². The summed E-state index contributed by atoms with van der Waals surface area (Å²) in [5.41, 5.74) is -0.291. The number of benzene rings is 2. The molecule has 32 heavy (non-hydrogen) atoms. The first-order chi connectivity index (χ1) is 15.5. The molecule has 0 aromatic heterocycles. The van der Waals surface area contributed by atoms with Crippen LogP contribution in [0.4, 0.5) is 4.39 Å². The molecule has 1 atom stereocenters. The average molecular weight is 438 g/mol. The van der Waals surface area contributed by atoms with Gasteiger partial charge in [0.05, 0.1) is 5.84 Å². The summed E-state index contributed by atoms with van der Waals surface area (Å²) in [7, 11) is 0. The first-order valence-electron chi connectivity index (χ1n) is 11.6. The summed E-state index contributed by atoms with van der Waals surface area (Å²) in [6, 6.07) is 15.9. The van der Waals surface area contributed by atoms with Gasteiger partial charge in [-0.05, 0) is 42.9 Å². The molecule has 0 spiro atoms. The number of amidine groups is 1. The molecule has 1 saturated carbocycles. The molecule has 0 unspecified atom stereocenters. The smallest absolute Gasteiger partial charge is 0.259 e. The van der Waals surface area contributed by atoms with E-state index in [4.69, 9.17) is 5.41 Å². The van der Waals surface area contributed by atoms with Gasteiger partial charge in [0.1, 0.15) is 5.82 Å². The number of nitrogens with zero attached hydrogens (tertiary/aromatic N) is 1. The van der Waals surface area contributed by atoms with Crippen LogP contribution in [0.5, 0.6) is 0 Å². The lowest BCUT2D eigenvalue weighted by Crippen LogP contribution is -2.55. The van der Waals surface area contributed by atoms with Gasteiger partial charge in [0.25, 0.3) is 5.91 Å². The molecule has 2 aromatic carbocycles. The largest absolute Gasteiger partial charge is 0.375 e. The molecular formula is C26H32FN3O2. The van der Waals surface area contributed by atoms with E-state index in [0.29, 0.717) is 37.1 Å². The molecule has 1 aliphatic heterocycles. The molecule has 0 bridgehead atoms. The molecule has 2 aromatic rings. The van der Waals surface area contributed by atoms with Crippen molar-refractivity contribution >= 4 is 11.7 Å². The zero-order valence-corrected chi connectivity index (χ0v) is 18.4. The van der Waals surface area contributed by atoms with Gasteiger partial charge in [-0.15, -0.1) is 0 Å². The van der Waals surface area contributed by atoms with Crippen molar-refractivity contribution in [1.29, 1.82) is 5.41 Å². The molecule has 2 fully saturated rings. The first-order valence-corrected chi connectivity index (χ1v) is 11.6. The Morgan fingerprint density at radius 1 is 1.03 bits per heavy atom. The van der Waals surface area contributed by atoms with Gasteiger partial charge in [-0.25, -0.2) is 4.39 Å². The lowest BCUT2D eigenvalue weighted by Gasteiger charge is -2.40. The van der Waals surface area contributed by atoms with Crippen molar-refractivity contribution in [3.05, 3.63) is 71.5 Å². The lowest BCUT2D eigenvalue weighted by molar-refractivity contribution is -0.160. The Balaban J connectivity index is 1.38. The normalized spacial score (nSPS) is 19.5. The number of piperidine rings is 1. The standard InChI is InChI=1S/C26H32FN3O2/c27-23-13-7-4-8-19(23)18-24(28)29-22-14-16-30(17-15-22)25(31)26(32,21-11-5-6-12-21)20-9-2-1-3-10-20/h1-4,7-10,13,21-22,32H,5-6,11-12,14-18H2,(H2,28,29)/t26-/m0/s1. The van der Waals surface area contributed by atoms with Crippen LogP contribution in [-0.4, -0.2) is 40.9 Å². The highest BCUT2D eigenvalue weighted by atomic mass is 19.1. The Labute approximate surface area is 189 Å². The predicted molar refractivity (Wildman–Crippen MR) is 123 cm³/mol. The number of amides is 1. The lowest BCUT2D eigenvalue weighted by atomic mass is 9.78. The van der Waals surface area contributed by atoms with Crippen molar-refractivity contribution in [3.8, 4) is 0 Å². The molecule has 3 N–H and O–H groups in total. The van der Waals surface area contributed by atoms with Crippen molar-refractivity contribution in [3.63, 3.8) is 0 Å². The van der Waals surface area contributed by atoms with E-state index in [1.54, 1.807) is 23.1 Å². The van der Waals surface area contributed by atoms with Crippen LogP contribution in [0.2, 0.25) is 0 Å². The molecule has 6 heteroatoms. The van der Waals surface area contributed by atoms with Crippen LogP contribution in [0.25, 0.3) is 0 Å². The summed E-state index contributed by atoms with van der Waals surface area (Å²) in [5, 5.41) is 23.1. The third-order valence-corrected chi connectivity index (χ3v) is 6.97. The fourth-order valence-corrected chi connectivity index (χ4v) is 5.17. The predicted octanol–water partition coefficient (Wildman–Crippen LogP) is 4.00. The summed E-state index contributed by atoms with van der Waals surface area (Å²) in [5.74, 6) is -0.268. The Hall–Kier alpha value is -2.73. The van der Waals surface area contributed by atoms with E-state index < -0.39 is 5.60 Å². The highest BCUT2D eigenvalue weighted by Gasteiger charge is 2.48. The number of hydrogen-bond acceptors (Lipinski definition) is 3. The van der Waals surface area contributed by atoms with E-state index in [2.05, 4.69) is 5.32 Å². The van der Waals surface area contributed by atoms with Gasteiger partial charge in [0.2, 0.25) is 0 Å². The summed E-state index contributed by atoms with van der Waals surface area (Å²) in [4.78, 5) is 15.4. The van der Waals surface area contributed by atoms with E-state index in [0.717, 1.165) is 25.7 Å². The molecule has 1 heterocycles. The summed E-state index contributed by atoms with van der Waals surface area (Å²) in [6.07, 6.45) is 5.43. The van der Waals surface area contributed by atoms with Crippen molar-refractivity contribution in [2.24, 2.45) is 5.92 Å². The molecule has 1 aliphatic carbocycles. The number of halogens is 1. The molecule has 2 aliphatic rings. The Bertz CT molecular complexity index is 937. The quantitative estimate of drug-likeness (QED) is 0.472. The number of aliphatic hydroxyl groups is 1. The summed E-state index contributed by atoms with van der Waals surface area (Å²) >= 11 is 0. The highest BCUT2D eigenvalue weighted by Crippen LogP contribution is 2.42. The number of likely N-dealkylation sites (tertiary alicyclic amines) is 1. The van der Waals surface area contributed by atoms with Gasteiger partial charge >= 0.3 is 0 Å². The van der Waals surface area contributed by atoms with Crippen molar-refractivity contribution in [1.82, 2.24) is 10.2 Å². The van der Waals surface area contributed by atoms with Gasteiger partial charge in [-0.1, -0.05) is 61.4 Å². The molecule has 1 amide bonds. The molecule has 0 radical (unpaired) electrons. The SMILES string of the molecule is N=C(Cc1ccccc1F)NC1CCN(C(=O)[C@](O)(c2ccccc2)C2CCCC2)CC1. The summed E-state index contributed by atoms with van der Waals surface area (Å²) < 4.78 is 13.9. The van der Waals surface area contributed by atoms with Crippen molar-refractivity contribution in [2.75, 3.05) is 13.1 Å². The van der Waals surface area contributed by atoms with Crippen LogP contribution in [0.1, 0.15) is 49.7 Å². The number of nitrogens with one attached hydrogen (secondary N) is 2. The Morgan fingerprint density at radius 2 is 1.66 bits per heavy atom. The van der Waals surface area contributed by atoms with E-state index in [-0.39, 0.29) is 35.9 Å². The molecule has 5 nitrogen and oxygen atoms in total. The number of hydrogen-bond donors (Lipinski definition) is 3. The van der Waals surface area contributed by atoms with Crippen LogP contribution >= 0.6 is 0 Å². The van der Waals surface area contributed by atoms with Gasteiger partial charge in [0.15, 0.2) is 5.60 Å².